The molecular weight excluding hydrogens is 248 g/mol. The molecule has 2 nitrogen and oxygen atoms in total. The molecule has 0 aromatic heterocycles. The van der Waals surface area contributed by atoms with Crippen LogP contribution in [-0.2, 0) is 4.79 Å². The molecule has 1 unspecified atom stereocenters. The Kier molecular flexibility index (Phi) is 5.62. The van der Waals surface area contributed by atoms with E-state index in [0.29, 0.717) is 0 Å². The van der Waals surface area contributed by atoms with E-state index in [4.69, 9.17) is 0 Å². The van der Waals surface area contributed by atoms with Crippen molar-refractivity contribution < 1.29 is 23.7 Å². The molecule has 0 fully saturated rings. The van der Waals surface area contributed by atoms with E-state index in [9.17, 15) is 4.79 Å². The molecule has 19 heavy (non-hydrogen) atoms. The Hall–Kier alpha value is -0.803. The molecule has 0 amide bonds. The van der Waals surface area contributed by atoms with E-state index in [-0.39, 0.29) is 24.4 Å². The molecule has 1 aromatic rings. The molecule has 1 atom stereocenters. The summed E-state index contributed by atoms with van der Waals surface area (Å²) >= 11 is 0. The summed E-state index contributed by atoms with van der Waals surface area (Å²) < 4.78 is 0. The predicted molar refractivity (Wildman–Crippen MR) is 77.1 cm³/mol. The predicted octanol–water partition coefficient (Wildman–Crippen LogP) is 0.000700. The van der Waals surface area contributed by atoms with Gasteiger partial charge in [0.05, 0.1) is 5.54 Å². The third-order valence-electron chi connectivity index (χ3n) is 2.85. The van der Waals surface area contributed by atoms with E-state index < -0.39 is 5.54 Å². The zero-order valence-corrected chi connectivity index (χ0v) is 12.8. The minimum absolute atomic E-state index is 0. The standard InChI is InChI=1S/C15H17NOP.Li/c1-11-9-12(2)16-15(3,10-11)14(17)18-13-7-5-4-6-8-13;/h4-10,16H,1-3H3;/q-1;+1. The van der Waals surface area contributed by atoms with Crippen LogP contribution in [0.15, 0.2) is 53.8 Å². The molecule has 1 aromatic carbocycles. The average molecular weight is 265 g/mol. The normalized spacial score (nSPS) is 22.3. The van der Waals surface area contributed by atoms with Gasteiger partial charge in [0.15, 0.2) is 0 Å². The van der Waals surface area contributed by atoms with Gasteiger partial charge in [-0.1, -0.05) is 42.0 Å². The largest absolute Gasteiger partial charge is 1.00 e. The minimum Gasteiger partial charge on any atom is -0.428 e. The maximum absolute atomic E-state index is 12.4. The average Bonchev–Trinajstić information content (AvgIpc) is 2.28. The maximum Gasteiger partial charge on any atom is 1.00 e. The van der Waals surface area contributed by atoms with Crippen LogP contribution >= 0.6 is 8.58 Å². The van der Waals surface area contributed by atoms with Gasteiger partial charge in [-0.05, 0) is 26.8 Å². The minimum atomic E-state index is -0.597. The van der Waals surface area contributed by atoms with Crippen molar-refractivity contribution in [3.8, 4) is 0 Å². The van der Waals surface area contributed by atoms with Crippen molar-refractivity contribution in [3.05, 3.63) is 53.8 Å². The number of hydrogen-bond acceptors (Lipinski definition) is 2. The Bertz CT molecular complexity index is 524. The number of nitrogens with one attached hydrogen (secondary N) is 1. The summed E-state index contributed by atoms with van der Waals surface area (Å²) in [4.78, 5) is 12.4. The van der Waals surface area contributed by atoms with Crippen molar-refractivity contribution >= 4 is 19.4 Å². The van der Waals surface area contributed by atoms with Crippen LogP contribution in [0.4, 0.5) is 0 Å². The SMILES string of the molecule is CC1=CC(C)(C(=O)[P-]c2ccccc2)NC(C)=C1.[Li+]. The second-order valence-electron chi connectivity index (χ2n) is 4.80. The molecule has 0 saturated heterocycles. The first-order valence-corrected chi connectivity index (χ1v) is 6.86. The molecule has 1 aliphatic heterocycles. The number of allylic oxidation sites excluding steroid dienone is 3. The molecule has 94 valence electrons. The second kappa shape index (κ2) is 6.57. The van der Waals surface area contributed by atoms with Gasteiger partial charge in [-0.3, -0.25) is 0 Å². The molecular formula is C15H17LiNOP. The summed E-state index contributed by atoms with van der Waals surface area (Å²) in [5.41, 5.74) is 1.74. The molecule has 1 N–H and O–H groups in total. The van der Waals surface area contributed by atoms with Crippen molar-refractivity contribution in [1.29, 1.82) is 0 Å². The van der Waals surface area contributed by atoms with Gasteiger partial charge in [-0.25, -0.2) is 0 Å². The van der Waals surface area contributed by atoms with E-state index in [2.05, 4.69) is 11.4 Å². The Morgan fingerprint density at radius 1 is 1.21 bits per heavy atom. The van der Waals surface area contributed by atoms with Crippen LogP contribution in [0.1, 0.15) is 20.8 Å². The monoisotopic (exact) mass is 265 g/mol. The van der Waals surface area contributed by atoms with E-state index in [1.54, 1.807) is 0 Å². The number of benzene rings is 1. The van der Waals surface area contributed by atoms with Crippen molar-refractivity contribution in [3.63, 3.8) is 0 Å². The molecule has 0 bridgehead atoms. The number of hydrogen-bond donors (Lipinski definition) is 1. The van der Waals surface area contributed by atoms with Gasteiger partial charge in [-0.15, -0.1) is 0 Å². The molecule has 2 rings (SSSR count). The van der Waals surface area contributed by atoms with E-state index >= 15 is 0 Å². The first-order valence-electron chi connectivity index (χ1n) is 5.97. The molecule has 1 heterocycles. The van der Waals surface area contributed by atoms with E-state index in [1.165, 1.54) is 0 Å². The molecule has 0 spiro atoms. The molecule has 0 saturated carbocycles. The van der Waals surface area contributed by atoms with Crippen LogP contribution in [-0.4, -0.2) is 11.1 Å². The summed E-state index contributed by atoms with van der Waals surface area (Å²) in [5, 5.41) is 4.30. The van der Waals surface area contributed by atoms with Gasteiger partial charge < -0.3 is 18.7 Å². The van der Waals surface area contributed by atoms with Crippen molar-refractivity contribution in [2.24, 2.45) is 0 Å². The number of carbonyl (C=O) groups excluding carboxylic acids is 1. The Balaban J connectivity index is 0.00000180. The van der Waals surface area contributed by atoms with Gasteiger partial charge in [0.2, 0.25) is 0 Å². The number of carbonyl (C=O) groups is 1. The summed E-state index contributed by atoms with van der Waals surface area (Å²) in [6, 6.07) is 9.83. The maximum atomic E-state index is 12.4. The fraction of sp³-hybridized carbons (Fsp3) is 0.267. The van der Waals surface area contributed by atoms with E-state index in [0.717, 1.165) is 25.2 Å². The third-order valence-corrected chi connectivity index (χ3v) is 4.07. The summed E-state index contributed by atoms with van der Waals surface area (Å²) in [6.45, 7) is 5.95. The molecule has 4 heteroatoms. The zero-order chi connectivity index (χ0) is 13.2. The Morgan fingerprint density at radius 3 is 2.42 bits per heavy atom. The van der Waals surface area contributed by atoms with Crippen LogP contribution in [0, 0.1) is 0 Å². The summed E-state index contributed by atoms with van der Waals surface area (Å²) in [7, 11) is 0.733. The first-order chi connectivity index (χ1) is 8.49. The molecule has 0 aliphatic carbocycles. The van der Waals surface area contributed by atoms with Crippen molar-refractivity contribution in [2.75, 3.05) is 0 Å². The second-order valence-corrected chi connectivity index (χ2v) is 5.94. The van der Waals surface area contributed by atoms with Gasteiger partial charge in [0, 0.05) is 11.2 Å². The van der Waals surface area contributed by atoms with E-state index in [1.807, 2.05) is 57.2 Å². The number of rotatable bonds is 3. The number of dihydropyridines is 1. The van der Waals surface area contributed by atoms with Gasteiger partial charge in [0.25, 0.3) is 0 Å². The van der Waals surface area contributed by atoms with Gasteiger partial charge in [-0.2, -0.15) is 5.30 Å². The smallest absolute Gasteiger partial charge is 0.428 e. The molecule has 1 aliphatic rings. The van der Waals surface area contributed by atoms with Crippen LogP contribution in [0.3, 0.4) is 0 Å². The third kappa shape index (κ3) is 4.08. The van der Waals surface area contributed by atoms with Crippen molar-refractivity contribution in [2.45, 2.75) is 26.3 Å². The topological polar surface area (TPSA) is 29.1 Å². The van der Waals surface area contributed by atoms with Gasteiger partial charge in [0.1, 0.15) is 0 Å². The quantitative estimate of drug-likeness (QED) is 0.616. The van der Waals surface area contributed by atoms with Crippen LogP contribution < -0.4 is 29.5 Å². The fourth-order valence-corrected chi connectivity index (χ4v) is 3.08. The first kappa shape index (κ1) is 16.3. The summed E-state index contributed by atoms with van der Waals surface area (Å²) in [5.74, 6) is 0. The summed E-state index contributed by atoms with van der Waals surface area (Å²) in [6.07, 6.45) is 4.05. The molecule has 0 radical (unpaired) electrons. The van der Waals surface area contributed by atoms with Crippen LogP contribution in [0.5, 0.6) is 0 Å². The fourth-order valence-electron chi connectivity index (χ4n) is 2.17. The van der Waals surface area contributed by atoms with Crippen molar-refractivity contribution in [1.82, 2.24) is 5.32 Å². The van der Waals surface area contributed by atoms with Gasteiger partial charge >= 0.3 is 18.9 Å². The van der Waals surface area contributed by atoms with Crippen LogP contribution in [0.2, 0.25) is 0 Å². The Morgan fingerprint density at radius 2 is 1.84 bits per heavy atom. The Labute approximate surface area is 128 Å². The van der Waals surface area contributed by atoms with Crippen LogP contribution in [0.25, 0.3) is 0 Å². The zero-order valence-electron chi connectivity index (χ0n) is 11.9.